The maximum Gasteiger partial charge on any atom is 0.126 e. The SMILES string of the molecule is N#CPC(=N)N. The molecule has 32 valence electrons. The van der Waals surface area contributed by atoms with Crippen LogP contribution < -0.4 is 5.73 Å². The molecule has 3 N–H and O–H groups in total. The summed E-state index contributed by atoms with van der Waals surface area (Å²) >= 11 is 0. The first-order chi connectivity index (χ1) is 2.77. The van der Waals surface area contributed by atoms with Crippen LogP contribution in [0.3, 0.4) is 0 Å². The molecule has 4 heteroatoms. The molecule has 0 spiro atoms. The first-order valence-corrected chi connectivity index (χ1v) is 2.26. The van der Waals surface area contributed by atoms with Gasteiger partial charge < -0.3 is 5.73 Å². The lowest BCUT2D eigenvalue weighted by Gasteiger charge is -1.76. The number of nitrogens with one attached hydrogen (secondary N) is 1. The van der Waals surface area contributed by atoms with Crippen LogP contribution in [-0.2, 0) is 0 Å². The van der Waals surface area contributed by atoms with E-state index in [0.29, 0.717) is 0 Å². The standard InChI is InChI=1S/C2H4N3P/c3-1-6-2(4)5/h6H,(H3,4,5). The van der Waals surface area contributed by atoms with E-state index < -0.39 is 0 Å². The Hall–Kier alpha value is -0.610. The van der Waals surface area contributed by atoms with Crippen LogP contribution in [0.4, 0.5) is 0 Å². The van der Waals surface area contributed by atoms with Gasteiger partial charge in [-0.25, -0.2) is 0 Å². The highest BCUT2D eigenvalue weighted by Gasteiger charge is 1.78. The summed E-state index contributed by atoms with van der Waals surface area (Å²) in [6, 6.07) is 0. The lowest BCUT2D eigenvalue weighted by atomic mass is 11.4. The molecule has 0 aliphatic carbocycles. The van der Waals surface area contributed by atoms with Gasteiger partial charge in [-0.1, -0.05) is 0 Å². The van der Waals surface area contributed by atoms with E-state index in [1.165, 1.54) is 0 Å². The Morgan fingerprint density at radius 1 is 2.00 bits per heavy atom. The molecule has 0 radical (unpaired) electrons. The van der Waals surface area contributed by atoms with Crippen LogP contribution in [0.15, 0.2) is 0 Å². The molecule has 0 aromatic carbocycles. The maximum atomic E-state index is 7.78. The van der Waals surface area contributed by atoms with Gasteiger partial charge in [0.15, 0.2) is 0 Å². The fourth-order valence-corrected chi connectivity index (χ4v) is 0.181. The van der Waals surface area contributed by atoms with Crippen molar-refractivity contribution < 1.29 is 0 Å². The third-order valence-electron chi connectivity index (χ3n) is 0.191. The summed E-state index contributed by atoms with van der Waals surface area (Å²) in [7, 11) is -0.162. The van der Waals surface area contributed by atoms with Crippen molar-refractivity contribution in [2.75, 3.05) is 0 Å². The molecular formula is C2H4N3P. The number of hydrogen-bond acceptors (Lipinski definition) is 2. The van der Waals surface area contributed by atoms with Crippen LogP contribution in [-0.4, -0.2) is 5.58 Å². The van der Waals surface area contributed by atoms with Crippen LogP contribution >= 0.6 is 8.58 Å². The summed E-state index contributed by atoms with van der Waals surface area (Å²) in [6.45, 7) is 0. The Bertz CT molecular complexity index is 91.5. The van der Waals surface area contributed by atoms with Crippen LogP contribution in [0.2, 0.25) is 0 Å². The molecular weight excluding hydrogens is 97.0 g/mol. The van der Waals surface area contributed by atoms with E-state index in [-0.39, 0.29) is 14.2 Å². The fraction of sp³-hybridized carbons (Fsp3) is 0. The normalized spacial score (nSPS) is 8.50. The lowest BCUT2D eigenvalue weighted by Crippen LogP contribution is -1.99. The van der Waals surface area contributed by atoms with Gasteiger partial charge in [-0.05, 0) is 0 Å². The van der Waals surface area contributed by atoms with Crippen LogP contribution in [0.5, 0.6) is 0 Å². The minimum Gasteiger partial charge on any atom is -0.383 e. The van der Waals surface area contributed by atoms with Crippen molar-refractivity contribution in [1.82, 2.24) is 0 Å². The van der Waals surface area contributed by atoms with Gasteiger partial charge in [0, 0.05) is 0 Å². The van der Waals surface area contributed by atoms with E-state index in [9.17, 15) is 0 Å². The van der Waals surface area contributed by atoms with Gasteiger partial charge in [-0.15, -0.1) is 0 Å². The van der Waals surface area contributed by atoms with Gasteiger partial charge in [-0.3, -0.25) is 5.41 Å². The molecule has 3 nitrogen and oxygen atoms in total. The van der Waals surface area contributed by atoms with Crippen molar-refractivity contribution >= 4 is 14.2 Å². The van der Waals surface area contributed by atoms with Crippen LogP contribution in [0, 0.1) is 16.5 Å². The molecule has 0 fully saturated rings. The van der Waals surface area contributed by atoms with E-state index in [4.69, 9.17) is 16.4 Å². The first kappa shape index (κ1) is 5.39. The highest BCUT2D eigenvalue weighted by Crippen LogP contribution is 2.00. The monoisotopic (exact) mass is 101 g/mol. The van der Waals surface area contributed by atoms with Gasteiger partial charge in [-0.2, -0.15) is 5.26 Å². The molecule has 0 rings (SSSR count). The number of nitrogens with zero attached hydrogens (tertiary/aromatic N) is 1. The van der Waals surface area contributed by atoms with Crippen molar-refractivity contribution in [2.24, 2.45) is 5.73 Å². The zero-order chi connectivity index (χ0) is 4.99. The molecule has 0 heterocycles. The van der Waals surface area contributed by atoms with E-state index in [1.54, 1.807) is 5.81 Å². The van der Waals surface area contributed by atoms with Gasteiger partial charge in [0.1, 0.15) is 5.58 Å². The second-order valence-electron chi connectivity index (χ2n) is 0.650. The molecule has 0 saturated carbocycles. The van der Waals surface area contributed by atoms with E-state index in [0.717, 1.165) is 0 Å². The molecule has 1 atom stereocenters. The maximum absolute atomic E-state index is 7.78. The van der Waals surface area contributed by atoms with E-state index in [1.807, 2.05) is 0 Å². The Morgan fingerprint density at radius 2 is 2.50 bits per heavy atom. The second kappa shape index (κ2) is 2.62. The Balaban J connectivity index is 3.13. The van der Waals surface area contributed by atoms with Crippen molar-refractivity contribution in [3.63, 3.8) is 0 Å². The number of rotatable bonds is 1. The van der Waals surface area contributed by atoms with Crippen molar-refractivity contribution in [1.29, 1.82) is 10.7 Å². The first-order valence-electron chi connectivity index (χ1n) is 1.26. The Morgan fingerprint density at radius 3 is 2.50 bits per heavy atom. The lowest BCUT2D eigenvalue weighted by molar-refractivity contribution is 1.50. The third kappa shape index (κ3) is 3.39. The minimum absolute atomic E-state index is 0.0440. The number of nitriles is 1. The van der Waals surface area contributed by atoms with Crippen molar-refractivity contribution in [3.8, 4) is 5.81 Å². The highest BCUT2D eigenvalue weighted by atomic mass is 31.1. The molecule has 0 aliphatic rings. The average molecular weight is 101 g/mol. The predicted octanol–water partition coefficient (Wildman–Crippen LogP) is 0.0395. The fourth-order valence-electron chi connectivity index (χ4n) is 0.0602. The van der Waals surface area contributed by atoms with Gasteiger partial charge >= 0.3 is 0 Å². The summed E-state index contributed by atoms with van der Waals surface area (Å²) in [4.78, 5) is 0. The number of hydrogen-bond donors (Lipinski definition) is 2. The highest BCUT2D eigenvalue weighted by molar-refractivity contribution is 7.62. The summed E-state index contributed by atoms with van der Waals surface area (Å²) in [5.41, 5.74) is 4.73. The van der Waals surface area contributed by atoms with Gasteiger partial charge in [0.05, 0.1) is 14.4 Å². The molecule has 6 heavy (non-hydrogen) atoms. The van der Waals surface area contributed by atoms with Crippen molar-refractivity contribution in [2.45, 2.75) is 0 Å². The number of nitrogens with two attached hydrogens (primary N) is 1. The predicted molar refractivity (Wildman–Crippen MR) is 25.8 cm³/mol. The van der Waals surface area contributed by atoms with Crippen LogP contribution in [0.25, 0.3) is 0 Å². The summed E-state index contributed by atoms with van der Waals surface area (Å²) in [5, 5.41) is 14.2. The molecule has 0 aromatic rings. The quantitative estimate of drug-likeness (QED) is 0.278. The Labute approximate surface area is 37.4 Å². The van der Waals surface area contributed by atoms with Gasteiger partial charge in [0.2, 0.25) is 0 Å². The molecule has 0 amide bonds. The summed E-state index contributed by atoms with van der Waals surface area (Å²) in [5.74, 6) is 1.75. The van der Waals surface area contributed by atoms with E-state index in [2.05, 4.69) is 0 Å². The zero-order valence-electron chi connectivity index (χ0n) is 3.02. The zero-order valence-corrected chi connectivity index (χ0v) is 4.02. The topological polar surface area (TPSA) is 73.7 Å². The molecule has 0 bridgehead atoms. The van der Waals surface area contributed by atoms with E-state index >= 15 is 0 Å². The number of amidine groups is 1. The average Bonchev–Trinajstić information content (AvgIpc) is 1.35. The molecule has 1 unspecified atom stereocenters. The van der Waals surface area contributed by atoms with Crippen LogP contribution in [0.1, 0.15) is 0 Å². The Kier molecular flexibility index (Phi) is 2.35. The smallest absolute Gasteiger partial charge is 0.126 e. The molecule has 0 aliphatic heterocycles. The summed E-state index contributed by atoms with van der Waals surface area (Å²) in [6.07, 6.45) is 0. The molecule has 0 aromatic heterocycles. The largest absolute Gasteiger partial charge is 0.383 e. The second-order valence-corrected chi connectivity index (χ2v) is 1.66. The summed E-state index contributed by atoms with van der Waals surface area (Å²) < 4.78 is 0. The van der Waals surface area contributed by atoms with Crippen molar-refractivity contribution in [3.05, 3.63) is 0 Å². The minimum atomic E-state index is -0.162. The third-order valence-corrected chi connectivity index (χ3v) is 0.572. The van der Waals surface area contributed by atoms with Gasteiger partial charge in [0.25, 0.3) is 0 Å². The molecule has 0 saturated heterocycles.